The van der Waals surface area contributed by atoms with Gasteiger partial charge in [0, 0.05) is 12.6 Å². The van der Waals surface area contributed by atoms with Crippen LogP contribution in [0.3, 0.4) is 0 Å². The molecule has 0 saturated carbocycles. The molecule has 2 aromatic rings. The van der Waals surface area contributed by atoms with Crippen molar-refractivity contribution in [1.82, 2.24) is 4.98 Å². The summed E-state index contributed by atoms with van der Waals surface area (Å²) in [5.41, 5.74) is 9.39. The molecule has 3 nitrogen and oxygen atoms in total. The summed E-state index contributed by atoms with van der Waals surface area (Å²) in [5.74, 6) is 0. The van der Waals surface area contributed by atoms with Crippen molar-refractivity contribution in [3.8, 4) is 0 Å². The summed E-state index contributed by atoms with van der Waals surface area (Å²) in [5, 5.41) is 1.11. The minimum atomic E-state index is 0.643. The fourth-order valence-corrected chi connectivity index (χ4v) is 3.78. The van der Waals surface area contributed by atoms with Gasteiger partial charge in [0.05, 0.1) is 26.6 Å². The number of benzene rings is 1. The molecular formula is C14H19N3S. The first-order chi connectivity index (χ1) is 8.69. The number of nitrogens with two attached hydrogens (primary N) is 1. The lowest BCUT2D eigenvalue weighted by Crippen LogP contribution is -2.29. The van der Waals surface area contributed by atoms with Crippen molar-refractivity contribution in [2.24, 2.45) is 0 Å². The van der Waals surface area contributed by atoms with Gasteiger partial charge < -0.3 is 10.6 Å². The van der Waals surface area contributed by atoms with Crippen LogP contribution in [0, 0.1) is 6.92 Å². The van der Waals surface area contributed by atoms with Crippen molar-refractivity contribution in [2.45, 2.75) is 39.2 Å². The summed E-state index contributed by atoms with van der Waals surface area (Å²) < 4.78 is 1.20. The Bertz CT molecular complexity index is 576. The quantitative estimate of drug-likeness (QED) is 0.840. The van der Waals surface area contributed by atoms with Gasteiger partial charge in [0.1, 0.15) is 0 Å². The van der Waals surface area contributed by atoms with Crippen molar-refractivity contribution in [1.29, 1.82) is 0 Å². The highest BCUT2D eigenvalue weighted by Crippen LogP contribution is 2.36. The lowest BCUT2D eigenvalue weighted by Gasteiger charge is -2.27. The molecule has 0 radical (unpaired) electrons. The molecule has 0 bridgehead atoms. The topological polar surface area (TPSA) is 42.2 Å². The molecule has 1 aromatic carbocycles. The monoisotopic (exact) mass is 261 g/mol. The van der Waals surface area contributed by atoms with E-state index in [9.17, 15) is 0 Å². The maximum absolute atomic E-state index is 6.23. The summed E-state index contributed by atoms with van der Waals surface area (Å²) in [6, 6.07) is 4.90. The highest BCUT2D eigenvalue weighted by molar-refractivity contribution is 7.18. The first-order valence-corrected chi connectivity index (χ1v) is 7.44. The lowest BCUT2D eigenvalue weighted by molar-refractivity contribution is 0.646. The SMILES string of the molecule is CCC1CCCN1c1cc2nc(C)sc2cc1N. The molecular weight excluding hydrogens is 242 g/mol. The molecule has 2 heterocycles. The van der Waals surface area contributed by atoms with E-state index in [4.69, 9.17) is 5.73 Å². The Balaban J connectivity index is 2.07. The second-order valence-electron chi connectivity index (χ2n) is 5.01. The third kappa shape index (κ3) is 1.85. The fourth-order valence-electron chi connectivity index (χ4n) is 2.92. The fraction of sp³-hybridized carbons (Fsp3) is 0.500. The lowest BCUT2D eigenvalue weighted by atomic mass is 10.1. The molecule has 0 aliphatic carbocycles. The molecule has 0 amide bonds. The van der Waals surface area contributed by atoms with Gasteiger partial charge in [-0.1, -0.05) is 6.92 Å². The van der Waals surface area contributed by atoms with Crippen molar-refractivity contribution in [3.63, 3.8) is 0 Å². The molecule has 1 fully saturated rings. The molecule has 4 heteroatoms. The summed E-state index contributed by atoms with van der Waals surface area (Å²) in [4.78, 5) is 7.04. The molecule has 1 atom stereocenters. The number of fused-ring (bicyclic) bond motifs is 1. The minimum absolute atomic E-state index is 0.643. The molecule has 1 aliphatic heterocycles. The molecule has 2 N–H and O–H groups in total. The Hall–Kier alpha value is -1.29. The zero-order valence-corrected chi connectivity index (χ0v) is 11.8. The van der Waals surface area contributed by atoms with Gasteiger partial charge in [0.2, 0.25) is 0 Å². The average molecular weight is 261 g/mol. The van der Waals surface area contributed by atoms with E-state index in [1.807, 2.05) is 6.92 Å². The van der Waals surface area contributed by atoms with Crippen molar-refractivity contribution in [3.05, 3.63) is 17.1 Å². The van der Waals surface area contributed by atoms with E-state index in [-0.39, 0.29) is 0 Å². The van der Waals surface area contributed by atoms with Gasteiger partial charge >= 0.3 is 0 Å². The molecule has 1 unspecified atom stereocenters. The van der Waals surface area contributed by atoms with Gasteiger partial charge in [-0.2, -0.15) is 0 Å². The number of hydrogen-bond donors (Lipinski definition) is 1. The Morgan fingerprint density at radius 1 is 1.50 bits per heavy atom. The second-order valence-corrected chi connectivity index (χ2v) is 6.24. The molecule has 18 heavy (non-hydrogen) atoms. The Kier molecular flexibility index (Phi) is 2.90. The first-order valence-electron chi connectivity index (χ1n) is 6.62. The van der Waals surface area contributed by atoms with Gasteiger partial charge in [-0.25, -0.2) is 4.98 Å². The molecule has 1 aromatic heterocycles. The normalized spacial score (nSPS) is 19.9. The highest BCUT2D eigenvalue weighted by Gasteiger charge is 2.25. The first kappa shape index (κ1) is 11.8. The van der Waals surface area contributed by atoms with Gasteiger partial charge in [0.25, 0.3) is 0 Å². The molecule has 0 spiro atoms. The van der Waals surface area contributed by atoms with E-state index in [0.29, 0.717) is 6.04 Å². The smallest absolute Gasteiger partial charge is 0.0907 e. The predicted molar refractivity (Wildman–Crippen MR) is 79.4 cm³/mol. The molecule has 3 rings (SSSR count). The molecule has 96 valence electrons. The van der Waals surface area contributed by atoms with E-state index >= 15 is 0 Å². The van der Waals surface area contributed by atoms with Gasteiger partial charge in [-0.05, 0) is 38.3 Å². The van der Waals surface area contributed by atoms with Gasteiger partial charge in [-0.3, -0.25) is 0 Å². The number of anilines is 2. The van der Waals surface area contributed by atoms with Crippen molar-refractivity contribution >= 4 is 32.9 Å². The third-order valence-electron chi connectivity index (χ3n) is 3.80. The number of thiazole rings is 1. The second kappa shape index (κ2) is 4.43. The number of hydrogen-bond acceptors (Lipinski definition) is 4. The zero-order chi connectivity index (χ0) is 12.7. The van der Waals surface area contributed by atoms with E-state index in [1.54, 1.807) is 11.3 Å². The maximum atomic E-state index is 6.23. The van der Waals surface area contributed by atoms with Crippen molar-refractivity contribution < 1.29 is 0 Å². The Morgan fingerprint density at radius 2 is 2.33 bits per heavy atom. The number of aromatic nitrogens is 1. The van der Waals surface area contributed by atoms with Crippen LogP contribution in [0.1, 0.15) is 31.2 Å². The highest BCUT2D eigenvalue weighted by atomic mass is 32.1. The summed E-state index contributed by atoms with van der Waals surface area (Å²) in [6.45, 7) is 5.42. The van der Waals surface area contributed by atoms with E-state index in [0.717, 1.165) is 22.8 Å². The van der Waals surface area contributed by atoms with Crippen LogP contribution in [0.15, 0.2) is 12.1 Å². The number of aryl methyl sites for hydroxylation is 1. The third-order valence-corrected chi connectivity index (χ3v) is 4.74. The van der Waals surface area contributed by atoms with Crippen LogP contribution in [-0.2, 0) is 0 Å². The minimum Gasteiger partial charge on any atom is -0.397 e. The van der Waals surface area contributed by atoms with Crippen LogP contribution in [0.5, 0.6) is 0 Å². The van der Waals surface area contributed by atoms with Crippen LogP contribution in [-0.4, -0.2) is 17.6 Å². The predicted octanol–water partition coefficient (Wildman–Crippen LogP) is 3.57. The van der Waals surface area contributed by atoms with Crippen molar-refractivity contribution in [2.75, 3.05) is 17.2 Å². The Labute approximate surface area is 112 Å². The summed E-state index contributed by atoms with van der Waals surface area (Å²) in [6.07, 6.45) is 3.74. The van der Waals surface area contributed by atoms with E-state index < -0.39 is 0 Å². The van der Waals surface area contributed by atoms with E-state index in [2.05, 4.69) is 28.9 Å². The van der Waals surface area contributed by atoms with Crippen LogP contribution in [0.4, 0.5) is 11.4 Å². The zero-order valence-electron chi connectivity index (χ0n) is 10.9. The number of nitrogen functional groups attached to an aromatic ring is 1. The van der Waals surface area contributed by atoms with Gasteiger partial charge in [-0.15, -0.1) is 11.3 Å². The molecule has 1 saturated heterocycles. The van der Waals surface area contributed by atoms with E-state index in [1.165, 1.54) is 29.6 Å². The summed E-state index contributed by atoms with van der Waals surface area (Å²) in [7, 11) is 0. The number of rotatable bonds is 2. The summed E-state index contributed by atoms with van der Waals surface area (Å²) >= 11 is 1.71. The Morgan fingerprint density at radius 3 is 3.11 bits per heavy atom. The van der Waals surface area contributed by atoms with Crippen LogP contribution in [0.25, 0.3) is 10.2 Å². The molecule has 1 aliphatic rings. The maximum Gasteiger partial charge on any atom is 0.0907 e. The van der Waals surface area contributed by atoms with Gasteiger partial charge in [0.15, 0.2) is 0 Å². The standard InChI is InChI=1S/C14H19N3S/c1-3-10-5-4-6-17(10)13-8-12-14(7-11(13)15)18-9(2)16-12/h7-8,10H,3-6,15H2,1-2H3. The van der Waals surface area contributed by atoms with Crippen LogP contribution in [0.2, 0.25) is 0 Å². The average Bonchev–Trinajstić information content (AvgIpc) is 2.92. The largest absolute Gasteiger partial charge is 0.397 e. The number of nitrogens with zero attached hydrogens (tertiary/aromatic N) is 2. The van der Waals surface area contributed by atoms with Crippen LogP contribution < -0.4 is 10.6 Å². The van der Waals surface area contributed by atoms with Crippen LogP contribution >= 0.6 is 11.3 Å².